The van der Waals surface area contributed by atoms with E-state index in [4.69, 9.17) is 4.74 Å². The van der Waals surface area contributed by atoms with Crippen molar-refractivity contribution in [1.29, 1.82) is 0 Å². The number of hydrogen-bond donors (Lipinski definition) is 0. The van der Waals surface area contributed by atoms with Gasteiger partial charge in [0.15, 0.2) is 0 Å². The van der Waals surface area contributed by atoms with E-state index in [0.29, 0.717) is 0 Å². The highest BCUT2D eigenvalue weighted by atomic mass is 32.2. The highest BCUT2D eigenvalue weighted by Gasteiger charge is 2.21. The van der Waals surface area contributed by atoms with Gasteiger partial charge < -0.3 is 4.74 Å². The molecule has 0 fully saturated rings. The minimum atomic E-state index is 0.768. The summed E-state index contributed by atoms with van der Waals surface area (Å²) in [7, 11) is 1.76. The highest BCUT2D eigenvalue weighted by Crippen LogP contribution is 2.37. The van der Waals surface area contributed by atoms with Crippen molar-refractivity contribution in [3.8, 4) is 0 Å². The molecule has 1 aliphatic heterocycles. The van der Waals surface area contributed by atoms with Crippen LogP contribution >= 0.6 is 23.5 Å². The fourth-order valence-electron chi connectivity index (χ4n) is 1.70. The number of thioether (sulfide) groups is 2. The average Bonchev–Trinajstić information content (AvgIpc) is 2.67. The third kappa shape index (κ3) is 3.16. The van der Waals surface area contributed by atoms with Crippen LogP contribution in [0.4, 0.5) is 0 Å². The Labute approximate surface area is 100.0 Å². The van der Waals surface area contributed by atoms with Crippen LogP contribution in [0.25, 0.3) is 0 Å². The van der Waals surface area contributed by atoms with E-state index in [1.165, 1.54) is 22.6 Å². The van der Waals surface area contributed by atoms with Crippen molar-refractivity contribution < 1.29 is 4.74 Å². The molecule has 1 aromatic rings. The molecule has 3 heteroatoms. The van der Waals surface area contributed by atoms with E-state index >= 15 is 0 Å². The van der Waals surface area contributed by atoms with E-state index < -0.39 is 0 Å². The molecule has 0 aromatic heterocycles. The zero-order valence-corrected chi connectivity index (χ0v) is 10.6. The second kappa shape index (κ2) is 5.83. The number of methoxy groups -OCH3 is 1. The third-order valence-corrected chi connectivity index (χ3v) is 5.07. The van der Waals surface area contributed by atoms with Gasteiger partial charge >= 0.3 is 0 Å². The molecular weight excluding hydrogens is 224 g/mol. The Morgan fingerprint density at radius 2 is 2.33 bits per heavy atom. The predicted octanol–water partition coefficient (Wildman–Crippen LogP) is 3.08. The van der Waals surface area contributed by atoms with Gasteiger partial charge in [0.25, 0.3) is 0 Å². The van der Waals surface area contributed by atoms with Crippen molar-refractivity contribution in [2.45, 2.75) is 16.6 Å². The molecule has 1 unspecified atom stereocenters. The first-order valence-electron chi connectivity index (χ1n) is 5.21. The van der Waals surface area contributed by atoms with Gasteiger partial charge in [0, 0.05) is 28.8 Å². The van der Waals surface area contributed by atoms with Crippen LogP contribution < -0.4 is 0 Å². The first-order valence-corrected chi connectivity index (χ1v) is 7.25. The summed E-state index contributed by atoms with van der Waals surface area (Å²) in [6, 6.07) is 8.76. The molecule has 82 valence electrons. The fourth-order valence-corrected chi connectivity index (χ4v) is 4.18. The van der Waals surface area contributed by atoms with E-state index in [1.807, 2.05) is 23.5 Å². The van der Waals surface area contributed by atoms with Crippen LogP contribution in [0, 0.1) is 0 Å². The van der Waals surface area contributed by atoms with Gasteiger partial charge in [-0.3, -0.25) is 0 Å². The van der Waals surface area contributed by atoms with Gasteiger partial charge in [-0.25, -0.2) is 0 Å². The number of benzene rings is 1. The molecule has 0 aliphatic carbocycles. The van der Waals surface area contributed by atoms with Crippen LogP contribution in [0.15, 0.2) is 29.2 Å². The Morgan fingerprint density at radius 3 is 3.13 bits per heavy atom. The molecule has 2 rings (SSSR count). The highest BCUT2D eigenvalue weighted by molar-refractivity contribution is 8.03. The Balaban J connectivity index is 1.76. The molecular formula is C12H16OS2. The van der Waals surface area contributed by atoms with Crippen LogP contribution in [0.5, 0.6) is 0 Å². The standard InChI is InChI=1S/C12H16OS2/c1-13-6-7-14-9-11-8-10-4-2-3-5-12(10)15-11/h2-5,11H,6-9H2,1H3. The van der Waals surface area contributed by atoms with Gasteiger partial charge in [0.05, 0.1) is 6.61 Å². The molecule has 0 spiro atoms. The molecule has 0 N–H and O–H groups in total. The van der Waals surface area contributed by atoms with Gasteiger partial charge in [-0.15, -0.1) is 11.8 Å². The Bertz CT molecular complexity index is 289. The second-order valence-electron chi connectivity index (χ2n) is 3.62. The van der Waals surface area contributed by atoms with Crippen LogP contribution in [0.3, 0.4) is 0 Å². The van der Waals surface area contributed by atoms with Gasteiger partial charge in [-0.1, -0.05) is 18.2 Å². The maximum atomic E-state index is 5.04. The minimum absolute atomic E-state index is 0.768. The smallest absolute Gasteiger partial charge is 0.0552 e. The van der Waals surface area contributed by atoms with Crippen molar-refractivity contribution >= 4 is 23.5 Å². The average molecular weight is 240 g/mol. The lowest BCUT2D eigenvalue weighted by Crippen LogP contribution is -2.05. The largest absolute Gasteiger partial charge is 0.384 e. The molecule has 1 aromatic carbocycles. The summed E-state index contributed by atoms with van der Waals surface area (Å²) >= 11 is 4.03. The fraction of sp³-hybridized carbons (Fsp3) is 0.500. The summed E-state index contributed by atoms with van der Waals surface area (Å²) in [5.41, 5.74) is 1.53. The Kier molecular flexibility index (Phi) is 4.42. The van der Waals surface area contributed by atoms with Crippen LogP contribution in [0.1, 0.15) is 5.56 Å². The van der Waals surface area contributed by atoms with Crippen molar-refractivity contribution in [2.75, 3.05) is 25.2 Å². The minimum Gasteiger partial charge on any atom is -0.384 e. The van der Waals surface area contributed by atoms with Crippen molar-refractivity contribution in [1.82, 2.24) is 0 Å². The number of fused-ring (bicyclic) bond motifs is 1. The zero-order chi connectivity index (χ0) is 10.5. The third-order valence-electron chi connectivity index (χ3n) is 2.45. The molecule has 0 saturated heterocycles. The number of hydrogen-bond acceptors (Lipinski definition) is 3. The summed E-state index contributed by atoms with van der Waals surface area (Å²) in [5.74, 6) is 2.35. The lowest BCUT2D eigenvalue weighted by molar-refractivity contribution is 0.218. The topological polar surface area (TPSA) is 9.23 Å². The summed E-state index contributed by atoms with van der Waals surface area (Å²) < 4.78 is 5.04. The maximum absolute atomic E-state index is 5.04. The monoisotopic (exact) mass is 240 g/mol. The molecule has 15 heavy (non-hydrogen) atoms. The predicted molar refractivity (Wildman–Crippen MR) is 69.0 cm³/mol. The summed E-state index contributed by atoms with van der Waals surface area (Å²) in [6.45, 7) is 0.870. The van der Waals surface area contributed by atoms with E-state index in [0.717, 1.165) is 17.6 Å². The summed E-state index contributed by atoms with van der Waals surface area (Å²) in [4.78, 5) is 1.48. The second-order valence-corrected chi connectivity index (χ2v) is 6.11. The van der Waals surface area contributed by atoms with E-state index in [-0.39, 0.29) is 0 Å². The lowest BCUT2D eigenvalue weighted by Gasteiger charge is -2.06. The molecule has 1 heterocycles. The van der Waals surface area contributed by atoms with Gasteiger partial charge in [-0.2, -0.15) is 11.8 Å². The van der Waals surface area contributed by atoms with Gasteiger partial charge in [-0.05, 0) is 18.1 Å². The van der Waals surface area contributed by atoms with E-state index in [2.05, 4.69) is 24.3 Å². The van der Waals surface area contributed by atoms with E-state index in [1.54, 1.807) is 7.11 Å². The van der Waals surface area contributed by atoms with Crippen LogP contribution in [-0.4, -0.2) is 30.5 Å². The van der Waals surface area contributed by atoms with E-state index in [9.17, 15) is 0 Å². The normalized spacial score (nSPS) is 19.1. The molecule has 0 bridgehead atoms. The Morgan fingerprint density at radius 1 is 1.47 bits per heavy atom. The molecule has 1 atom stereocenters. The quantitative estimate of drug-likeness (QED) is 0.732. The van der Waals surface area contributed by atoms with Crippen molar-refractivity contribution in [2.24, 2.45) is 0 Å². The van der Waals surface area contributed by atoms with Crippen molar-refractivity contribution in [3.63, 3.8) is 0 Å². The first-order chi connectivity index (χ1) is 7.40. The molecule has 0 amide bonds. The number of rotatable bonds is 5. The number of ether oxygens (including phenoxy) is 1. The summed E-state index contributed by atoms with van der Waals surface area (Å²) in [5, 5.41) is 0.768. The summed E-state index contributed by atoms with van der Waals surface area (Å²) in [6.07, 6.45) is 1.24. The SMILES string of the molecule is COCCSCC1Cc2ccccc2S1. The molecule has 0 radical (unpaired) electrons. The Hall–Kier alpha value is -0.120. The molecule has 0 saturated carbocycles. The first kappa shape index (κ1) is 11.4. The van der Waals surface area contributed by atoms with Gasteiger partial charge in [0.1, 0.15) is 0 Å². The maximum Gasteiger partial charge on any atom is 0.0552 e. The molecule has 1 nitrogen and oxygen atoms in total. The molecule has 1 aliphatic rings. The van der Waals surface area contributed by atoms with Gasteiger partial charge in [0.2, 0.25) is 0 Å². The van der Waals surface area contributed by atoms with Crippen LogP contribution in [-0.2, 0) is 11.2 Å². The lowest BCUT2D eigenvalue weighted by atomic mass is 10.1. The van der Waals surface area contributed by atoms with Crippen LogP contribution in [0.2, 0.25) is 0 Å². The van der Waals surface area contributed by atoms with Crippen molar-refractivity contribution in [3.05, 3.63) is 29.8 Å². The zero-order valence-electron chi connectivity index (χ0n) is 8.94.